The van der Waals surface area contributed by atoms with Crippen molar-refractivity contribution < 1.29 is 9.85 Å². The summed E-state index contributed by atoms with van der Waals surface area (Å²) in [6, 6.07) is 8.78. The number of rotatable bonds is 10. The molecular weight excluding hydrogens is 356 g/mol. The Morgan fingerprint density at radius 2 is 1.30 bits per heavy atom. The molecular formula is C15H16N8O4. The van der Waals surface area contributed by atoms with E-state index < -0.39 is 9.85 Å². The topological polar surface area (TPSA) is 161 Å². The molecule has 0 unspecified atom stereocenters. The zero-order chi connectivity index (χ0) is 19.5. The van der Waals surface area contributed by atoms with E-state index in [1.807, 2.05) is 0 Å². The lowest BCUT2D eigenvalue weighted by molar-refractivity contribution is -0.389. The van der Waals surface area contributed by atoms with Gasteiger partial charge in [0.1, 0.15) is 0 Å². The minimum Gasteiger partial charge on any atom is -0.358 e. The molecule has 0 atom stereocenters. The molecule has 0 fully saturated rings. The molecule has 140 valence electrons. The summed E-state index contributed by atoms with van der Waals surface area (Å²) in [5, 5.41) is 29.1. The van der Waals surface area contributed by atoms with Gasteiger partial charge in [-0.2, -0.15) is 10.2 Å². The summed E-state index contributed by atoms with van der Waals surface area (Å²) in [7, 11) is 0. The molecule has 12 heteroatoms. The van der Waals surface area contributed by atoms with Gasteiger partial charge in [-0.15, -0.1) is 0 Å². The highest BCUT2D eigenvalue weighted by Gasteiger charge is 2.08. The highest BCUT2D eigenvalue weighted by Crippen LogP contribution is 2.11. The molecule has 2 rings (SSSR count). The lowest BCUT2D eigenvalue weighted by atomic mass is 10.3. The van der Waals surface area contributed by atoms with E-state index in [0.29, 0.717) is 12.8 Å². The number of nitro groups is 2. The summed E-state index contributed by atoms with van der Waals surface area (Å²) < 4.78 is 0. The molecule has 12 nitrogen and oxygen atoms in total. The number of hydrazone groups is 2. The van der Waals surface area contributed by atoms with Crippen molar-refractivity contribution in [3.63, 3.8) is 0 Å². The van der Waals surface area contributed by atoms with Crippen molar-refractivity contribution in [2.75, 3.05) is 10.9 Å². The van der Waals surface area contributed by atoms with Gasteiger partial charge in [0, 0.05) is 36.7 Å². The van der Waals surface area contributed by atoms with E-state index >= 15 is 0 Å². The van der Waals surface area contributed by atoms with Gasteiger partial charge >= 0.3 is 11.6 Å². The predicted octanol–water partition coefficient (Wildman–Crippen LogP) is 2.96. The second kappa shape index (κ2) is 10.1. The van der Waals surface area contributed by atoms with Gasteiger partial charge in [-0.1, -0.05) is 0 Å². The Kier molecular flexibility index (Phi) is 7.26. The van der Waals surface area contributed by atoms with Crippen molar-refractivity contribution in [2.24, 2.45) is 10.2 Å². The third kappa shape index (κ3) is 6.81. The minimum atomic E-state index is -0.578. The molecule has 0 aliphatic rings. The Hall–Kier alpha value is -3.96. The molecule has 27 heavy (non-hydrogen) atoms. The summed E-state index contributed by atoms with van der Waals surface area (Å²) >= 11 is 0. The van der Waals surface area contributed by atoms with Crippen molar-refractivity contribution in [2.45, 2.75) is 19.3 Å². The fourth-order valence-corrected chi connectivity index (χ4v) is 1.83. The average Bonchev–Trinajstić information content (AvgIpc) is 2.67. The van der Waals surface area contributed by atoms with Crippen LogP contribution in [0, 0.1) is 20.2 Å². The van der Waals surface area contributed by atoms with E-state index in [4.69, 9.17) is 0 Å². The molecule has 2 aromatic heterocycles. The van der Waals surface area contributed by atoms with E-state index in [-0.39, 0.29) is 23.3 Å². The number of anilines is 2. The first-order valence-electron chi connectivity index (χ1n) is 7.84. The van der Waals surface area contributed by atoms with Gasteiger partial charge in [-0.25, -0.2) is 10.9 Å². The molecule has 2 aromatic rings. The number of hydrogen-bond donors (Lipinski definition) is 2. The van der Waals surface area contributed by atoms with E-state index in [9.17, 15) is 20.2 Å². The van der Waals surface area contributed by atoms with Crippen LogP contribution in [0.5, 0.6) is 0 Å². The third-order valence-corrected chi connectivity index (χ3v) is 3.05. The number of nitrogens with one attached hydrogen (secondary N) is 2. The number of aromatic nitrogens is 2. The summed E-state index contributed by atoms with van der Waals surface area (Å²) in [6.45, 7) is 0. The second-order valence-electron chi connectivity index (χ2n) is 5.05. The molecule has 0 bridgehead atoms. The zero-order valence-electron chi connectivity index (χ0n) is 14.1. The normalized spacial score (nSPS) is 11.0. The van der Waals surface area contributed by atoms with Crippen LogP contribution in [0.15, 0.2) is 46.6 Å². The maximum atomic E-state index is 10.6. The molecule has 0 spiro atoms. The van der Waals surface area contributed by atoms with Crippen LogP contribution in [0.4, 0.5) is 23.3 Å². The van der Waals surface area contributed by atoms with Crippen molar-refractivity contribution in [3.05, 3.63) is 56.6 Å². The van der Waals surface area contributed by atoms with Gasteiger partial charge in [-0.05, 0) is 51.2 Å². The third-order valence-electron chi connectivity index (χ3n) is 3.05. The minimum absolute atomic E-state index is 0.253. The van der Waals surface area contributed by atoms with Crippen LogP contribution in [-0.4, -0.2) is 32.2 Å². The lowest BCUT2D eigenvalue weighted by Crippen LogP contribution is -1.97. The first kappa shape index (κ1) is 19.4. The Bertz CT molecular complexity index is 786. The van der Waals surface area contributed by atoms with Crippen LogP contribution in [0.2, 0.25) is 0 Å². The Balaban J connectivity index is 1.65. The molecule has 0 saturated heterocycles. The van der Waals surface area contributed by atoms with E-state index in [1.165, 1.54) is 24.3 Å². The van der Waals surface area contributed by atoms with Crippen molar-refractivity contribution in [1.82, 2.24) is 9.97 Å². The standard InChI is InChI=1S/C15H16N8O4/c24-22(25)14-8-4-6-12(18-14)20-16-10-2-1-3-11-17-21-13-7-5-9-15(19-13)23(26)27/h4-11H,1-3H2,(H,18,20)(H,19,21)/b16-10-,17-11-. The van der Waals surface area contributed by atoms with Crippen LogP contribution in [0.25, 0.3) is 0 Å². The summed E-state index contributed by atoms with van der Waals surface area (Å²) in [5.74, 6) is 0.0700. The quantitative estimate of drug-likeness (QED) is 0.278. The number of nitrogens with zero attached hydrogens (tertiary/aromatic N) is 6. The molecule has 0 aliphatic heterocycles. The fourth-order valence-electron chi connectivity index (χ4n) is 1.83. The van der Waals surface area contributed by atoms with Crippen molar-refractivity contribution in [3.8, 4) is 0 Å². The number of pyridine rings is 2. The molecule has 0 saturated carbocycles. The van der Waals surface area contributed by atoms with E-state index in [0.717, 1.165) is 6.42 Å². The average molecular weight is 372 g/mol. The molecule has 0 amide bonds. The van der Waals surface area contributed by atoms with Gasteiger partial charge in [-0.3, -0.25) is 0 Å². The largest absolute Gasteiger partial charge is 0.365 e. The Labute approximate surface area is 153 Å². The van der Waals surface area contributed by atoms with E-state index in [1.54, 1.807) is 24.6 Å². The van der Waals surface area contributed by atoms with Gasteiger partial charge in [0.15, 0.2) is 0 Å². The molecule has 2 heterocycles. The summed E-state index contributed by atoms with van der Waals surface area (Å²) in [4.78, 5) is 27.6. The highest BCUT2D eigenvalue weighted by atomic mass is 16.6. The molecule has 2 N–H and O–H groups in total. The Morgan fingerprint density at radius 3 is 1.70 bits per heavy atom. The van der Waals surface area contributed by atoms with E-state index in [2.05, 4.69) is 31.0 Å². The maximum Gasteiger partial charge on any atom is 0.365 e. The molecule has 0 radical (unpaired) electrons. The Morgan fingerprint density at radius 1 is 0.852 bits per heavy atom. The van der Waals surface area contributed by atoms with Gasteiger partial charge in [0.05, 0.1) is 0 Å². The van der Waals surface area contributed by atoms with Gasteiger partial charge in [0.2, 0.25) is 0 Å². The predicted molar refractivity (Wildman–Crippen MR) is 99.9 cm³/mol. The van der Waals surface area contributed by atoms with Crippen molar-refractivity contribution in [1.29, 1.82) is 0 Å². The SMILES string of the molecule is O=[N+]([O-])c1cccc(N/N=C\CCC/C=N\Nc2cccc([N+](=O)[O-])n2)n1. The maximum absolute atomic E-state index is 10.6. The number of unbranched alkanes of at least 4 members (excludes halogenated alkanes) is 2. The van der Waals surface area contributed by atoms with Crippen LogP contribution in [0.1, 0.15) is 19.3 Å². The summed E-state index contributed by atoms with van der Waals surface area (Å²) in [6.07, 6.45) is 5.33. The number of hydrogen-bond acceptors (Lipinski definition) is 10. The van der Waals surface area contributed by atoms with Crippen LogP contribution >= 0.6 is 0 Å². The lowest BCUT2D eigenvalue weighted by Gasteiger charge is -1.96. The summed E-state index contributed by atoms with van der Waals surface area (Å²) in [5.41, 5.74) is 5.24. The smallest absolute Gasteiger partial charge is 0.358 e. The first-order valence-corrected chi connectivity index (χ1v) is 7.84. The van der Waals surface area contributed by atoms with Gasteiger partial charge < -0.3 is 20.2 Å². The first-order chi connectivity index (χ1) is 13.1. The van der Waals surface area contributed by atoms with Crippen molar-refractivity contribution >= 4 is 35.7 Å². The second-order valence-corrected chi connectivity index (χ2v) is 5.05. The van der Waals surface area contributed by atoms with Crippen LogP contribution in [-0.2, 0) is 0 Å². The molecule has 0 aromatic carbocycles. The van der Waals surface area contributed by atoms with Gasteiger partial charge in [0.25, 0.3) is 11.6 Å². The highest BCUT2D eigenvalue weighted by molar-refractivity contribution is 5.62. The fraction of sp³-hybridized carbons (Fsp3) is 0.200. The molecule has 0 aliphatic carbocycles. The van der Waals surface area contributed by atoms with Crippen LogP contribution < -0.4 is 10.9 Å². The van der Waals surface area contributed by atoms with Crippen LogP contribution in [0.3, 0.4) is 0 Å². The monoisotopic (exact) mass is 372 g/mol. The zero-order valence-corrected chi connectivity index (χ0v) is 14.1.